The molecule has 2 aromatic rings. The van der Waals surface area contributed by atoms with E-state index in [9.17, 15) is 0 Å². The highest BCUT2D eigenvalue weighted by Gasteiger charge is 2.13. The second kappa shape index (κ2) is 5.21. The lowest BCUT2D eigenvalue weighted by Gasteiger charge is -2.09. The zero-order chi connectivity index (χ0) is 12.3. The van der Waals surface area contributed by atoms with Gasteiger partial charge in [0, 0.05) is 5.56 Å². The Morgan fingerprint density at radius 3 is 2.82 bits per heavy atom. The molecule has 0 atom stereocenters. The first-order valence-electron chi connectivity index (χ1n) is 5.33. The number of nitrogens with two attached hydrogens (primary N) is 1. The third-order valence-corrected chi connectivity index (χ3v) is 2.80. The maximum Gasteiger partial charge on any atom is 0.219 e. The van der Waals surface area contributed by atoms with E-state index in [4.69, 9.17) is 22.1 Å². The highest BCUT2D eigenvalue weighted by molar-refractivity contribution is 6.32. The predicted octanol–water partition coefficient (Wildman–Crippen LogP) is 2.04. The van der Waals surface area contributed by atoms with Crippen molar-refractivity contribution in [1.29, 1.82) is 0 Å². The SMILES string of the molecule is COc1c(CCN)cnn1-c1ccccc1Cl. The monoisotopic (exact) mass is 251 g/mol. The van der Waals surface area contributed by atoms with E-state index in [2.05, 4.69) is 5.10 Å². The van der Waals surface area contributed by atoms with Crippen LogP contribution in [0.3, 0.4) is 0 Å². The number of hydrogen-bond acceptors (Lipinski definition) is 3. The van der Waals surface area contributed by atoms with Crippen LogP contribution in [-0.2, 0) is 6.42 Å². The molecule has 0 unspecified atom stereocenters. The van der Waals surface area contributed by atoms with Gasteiger partial charge >= 0.3 is 0 Å². The van der Waals surface area contributed by atoms with Crippen LogP contribution in [0.1, 0.15) is 5.56 Å². The van der Waals surface area contributed by atoms with Gasteiger partial charge in [-0.2, -0.15) is 9.78 Å². The van der Waals surface area contributed by atoms with Gasteiger partial charge in [0.25, 0.3) is 0 Å². The van der Waals surface area contributed by atoms with Gasteiger partial charge in [-0.05, 0) is 25.1 Å². The molecule has 0 saturated carbocycles. The molecule has 1 aromatic heterocycles. The van der Waals surface area contributed by atoms with Crippen molar-refractivity contribution < 1.29 is 4.74 Å². The smallest absolute Gasteiger partial charge is 0.219 e. The summed E-state index contributed by atoms with van der Waals surface area (Å²) in [5.41, 5.74) is 7.32. The average molecular weight is 252 g/mol. The molecular formula is C12H14ClN3O. The summed E-state index contributed by atoms with van der Waals surface area (Å²) in [7, 11) is 1.62. The highest BCUT2D eigenvalue weighted by atomic mass is 35.5. The first-order valence-corrected chi connectivity index (χ1v) is 5.71. The Labute approximate surface area is 105 Å². The summed E-state index contributed by atoms with van der Waals surface area (Å²) in [6, 6.07) is 7.50. The van der Waals surface area contributed by atoms with Crippen molar-refractivity contribution in [1.82, 2.24) is 9.78 Å². The van der Waals surface area contributed by atoms with Gasteiger partial charge in [-0.25, -0.2) is 0 Å². The summed E-state index contributed by atoms with van der Waals surface area (Å²) < 4.78 is 7.05. The molecule has 0 amide bonds. The van der Waals surface area contributed by atoms with Crippen LogP contribution in [0.25, 0.3) is 5.69 Å². The number of rotatable bonds is 4. The van der Waals surface area contributed by atoms with Crippen molar-refractivity contribution >= 4 is 11.6 Å². The van der Waals surface area contributed by atoms with Crippen LogP contribution in [0.2, 0.25) is 5.02 Å². The van der Waals surface area contributed by atoms with Crippen molar-refractivity contribution in [2.75, 3.05) is 13.7 Å². The normalized spacial score (nSPS) is 10.5. The maximum atomic E-state index is 6.13. The quantitative estimate of drug-likeness (QED) is 0.905. The number of hydrogen-bond donors (Lipinski definition) is 1. The number of ether oxygens (including phenoxy) is 1. The molecule has 1 heterocycles. The Hall–Kier alpha value is -1.52. The first kappa shape index (κ1) is 12.0. The molecule has 0 saturated heterocycles. The maximum absolute atomic E-state index is 6.13. The average Bonchev–Trinajstić information content (AvgIpc) is 2.73. The van der Waals surface area contributed by atoms with E-state index in [1.807, 2.05) is 24.3 Å². The van der Waals surface area contributed by atoms with E-state index < -0.39 is 0 Å². The molecule has 17 heavy (non-hydrogen) atoms. The molecule has 0 radical (unpaired) electrons. The van der Waals surface area contributed by atoms with Crippen molar-refractivity contribution in [2.24, 2.45) is 5.73 Å². The van der Waals surface area contributed by atoms with Gasteiger partial charge in [0.2, 0.25) is 5.88 Å². The fourth-order valence-electron chi connectivity index (χ4n) is 1.71. The third-order valence-electron chi connectivity index (χ3n) is 2.48. The predicted molar refractivity (Wildman–Crippen MR) is 67.9 cm³/mol. The second-order valence-electron chi connectivity index (χ2n) is 3.58. The van der Waals surface area contributed by atoms with Gasteiger partial charge < -0.3 is 10.5 Å². The van der Waals surface area contributed by atoms with E-state index in [-0.39, 0.29) is 0 Å². The Kier molecular flexibility index (Phi) is 3.66. The first-order chi connectivity index (χ1) is 8.27. The molecular weight excluding hydrogens is 238 g/mol. The van der Waals surface area contributed by atoms with E-state index in [1.165, 1.54) is 0 Å². The Balaban J connectivity index is 2.49. The number of halogens is 1. The molecule has 0 spiro atoms. The van der Waals surface area contributed by atoms with Crippen molar-refractivity contribution in [2.45, 2.75) is 6.42 Å². The summed E-state index contributed by atoms with van der Waals surface area (Å²) in [5, 5.41) is 4.92. The molecule has 2 rings (SSSR count). The standard InChI is InChI=1S/C12H14ClN3O/c1-17-12-9(6-7-14)8-15-16(12)11-5-3-2-4-10(11)13/h2-5,8H,6-7,14H2,1H3. The van der Waals surface area contributed by atoms with Gasteiger partial charge in [-0.1, -0.05) is 23.7 Å². The minimum absolute atomic E-state index is 0.560. The second-order valence-corrected chi connectivity index (χ2v) is 3.99. The van der Waals surface area contributed by atoms with Gasteiger partial charge in [-0.3, -0.25) is 0 Å². The highest BCUT2D eigenvalue weighted by Crippen LogP contribution is 2.26. The molecule has 1 aromatic carbocycles. The Bertz CT molecular complexity index is 510. The number of methoxy groups -OCH3 is 1. The minimum Gasteiger partial charge on any atom is -0.481 e. The van der Waals surface area contributed by atoms with Crippen LogP contribution < -0.4 is 10.5 Å². The zero-order valence-corrected chi connectivity index (χ0v) is 10.3. The molecule has 0 bridgehead atoms. The van der Waals surface area contributed by atoms with E-state index in [0.717, 1.165) is 17.7 Å². The molecule has 2 N–H and O–H groups in total. The number of para-hydroxylation sites is 1. The summed E-state index contributed by atoms with van der Waals surface area (Å²) in [4.78, 5) is 0. The van der Waals surface area contributed by atoms with Gasteiger partial charge in [-0.15, -0.1) is 0 Å². The minimum atomic E-state index is 0.560. The van der Waals surface area contributed by atoms with Crippen LogP contribution in [0.4, 0.5) is 0 Å². The van der Waals surface area contributed by atoms with Crippen molar-refractivity contribution in [3.8, 4) is 11.6 Å². The summed E-state index contributed by atoms with van der Waals surface area (Å²) in [5.74, 6) is 0.684. The van der Waals surface area contributed by atoms with E-state index >= 15 is 0 Å². The lowest BCUT2D eigenvalue weighted by atomic mass is 10.2. The zero-order valence-electron chi connectivity index (χ0n) is 9.56. The van der Waals surface area contributed by atoms with Gasteiger partial charge in [0.1, 0.15) is 0 Å². The van der Waals surface area contributed by atoms with E-state index in [0.29, 0.717) is 17.4 Å². The topological polar surface area (TPSA) is 53.1 Å². The van der Waals surface area contributed by atoms with Gasteiger partial charge in [0.15, 0.2) is 0 Å². The molecule has 5 heteroatoms. The molecule has 0 fully saturated rings. The van der Waals surface area contributed by atoms with Crippen LogP contribution >= 0.6 is 11.6 Å². The van der Waals surface area contributed by atoms with Crippen LogP contribution in [0.5, 0.6) is 5.88 Å². The fourth-order valence-corrected chi connectivity index (χ4v) is 1.93. The van der Waals surface area contributed by atoms with Crippen LogP contribution in [0.15, 0.2) is 30.5 Å². The summed E-state index contributed by atoms with van der Waals surface area (Å²) in [6.45, 7) is 0.560. The lowest BCUT2D eigenvalue weighted by Crippen LogP contribution is -2.05. The Morgan fingerprint density at radius 1 is 1.41 bits per heavy atom. The molecule has 4 nitrogen and oxygen atoms in total. The summed E-state index contributed by atoms with van der Waals surface area (Å²) in [6.07, 6.45) is 2.49. The van der Waals surface area contributed by atoms with Crippen molar-refractivity contribution in [3.05, 3.63) is 41.0 Å². The number of benzene rings is 1. The van der Waals surface area contributed by atoms with Crippen molar-refractivity contribution in [3.63, 3.8) is 0 Å². The third kappa shape index (κ3) is 2.28. The largest absolute Gasteiger partial charge is 0.481 e. The van der Waals surface area contributed by atoms with Gasteiger partial charge in [0.05, 0.1) is 24.0 Å². The summed E-state index contributed by atoms with van der Waals surface area (Å²) >= 11 is 6.13. The van der Waals surface area contributed by atoms with Crippen LogP contribution in [-0.4, -0.2) is 23.4 Å². The Morgan fingerprint density at radius 2 is 2.18 bits per heavy atom. The van der Waals surface area contributed by atoms with Crippen LogP contribution in [0, 0.1) is 0 Å². The molecule has 90 valence electrons. The molecule has 0 aliphatic rings. The molecule has 0 aliphatic heterocycles. The van der Waals surface area contributed by atoms with E-state index in [1.54, 1.807) is 18.0 Å². The molecule has 0 aliphatic carbocycles. The lowest BCUT2D eigenvalue weighted by molar-refractivity contribution is 0.379. The number of nitrogens with zero attached hydrogens (tertiary/aromatic N) is 2. The number of aromatic nitrogens is 2. The fraction of sp³-hybridized carbons (Fsp3) is 0.250.